The van der Waals surface area contributed by atoms with Gasteiger partial charge in [0.25, 0.3) is 5.91 Å². The molecule has 0 bridgehead atoms. The third-order valence-corrected chi connectivity index (χ3v) is 4.02. The molecule has 112 valence electrons. The van der Waals surface area contributed by atoms with Crippen molar-refractivity contribution in [2.24, 2.45) is 5.41 Å². The van der Waals surface area contributed by atoms with E-state index in [1.165, 1.54) is 12.1 Å². The van der Waals surface area contributed by atoms with Gasteiger partial charge >= 0.3 is 0 Å². The fourth-order valence-corrected chi connectivity index (χ4v) is 2.17. The van der Waals surface area contributed by atoms with Crippen molar-refractivity contribution in [3.63, 3.8) is 0 Å². The highest BCUT2D eigenvalue weighted by atomic mass is 19.1. The first-order valence-corrected chi connectivity index (χ1v) is 7.28. The molecule has 0 unspecified atom stereocenters. The Bertz CT molecular complexity index is 582. The van der Waals surface area contributed by atoms with Gasteiger partial charge in [-0.3, -0.25) is 4.79 Å². The van der Waals surface area contributed by atoms with Crippen LogP contribution < -0.4 is 5.32 Å². The second kappa shape index (κ2) is 6.73. The van der Waals surface area contributed by atoms with Crippen molar-refractivity contribution in [1.29, 1.82) is 0 Å². The van der Waals surface area contributed by atoms with Crippen LogP contribution in [0.25, 0.3) is 0 Å². The van der Waals surface area contributed by atoms with Crippen LogP contribution in [0.3, 0.4) is 0 Å². The Hall–Kier alpha value is -1.86. The molecule has 3 nitrogen and oxygen atoms in total. The molecule has 0 atom stereocenters. The maximum Gasteiger partial charge on any atom is 0.251 e. The van der Waals surface area contributed by atoms with Gasteiger partial charge in [0.2, 0.25) is 0 Å². The minimum Gasteiger partial charge on any atom is -0.395 e. The maximum atomic E-state index is 13.8. The average molecular weight is 289 g/mol. The number of hydrogen-bond donors (Lipinski definition) is 2. The zero-order valence-corrected chi connectivity index (χ0v) is 12.2. The van der Waals surface area contributed by atoms with Crippen molar-refractivity contribution < 1.29 is 14.3 Å². The zero-order chi connectivity index (χ0) is 15.3. The van der Waals surface area contributed by atoms with Crippen LogP contribution in [0.5, 0.6) is 0 Å². The quantitative estimate of drug-likeness (QED) is 0.818. The van der Waals surface area contributed by atoms with Crippen LogP contribution >= 0.6 is 0 Å². The lowest BCUT2D eigenvalue weighted by Gasteiger charge is -2.13. The zero-order valence-electron chi connectivity index (χ0n) is 12.2. The molecule has 0 aliphatic heterocycles. The van der Waals surface area contributed by atoms with E-state index in [-0.39, 0.29) is 23.5 Å². The summed E-state index contributed by atoms with van der Waals surface area (Å²) in [6.07, 6.45) is 3.66. The first kappa shape index (κ1) is 15.5. The summed E-state index contributed by atoms with van der Waals surface area (Å²) in [5.41, 5.74) is 0.823. The lowest BCUT2D eigenvalue weighted by Crippen LogP contribution is -2.30. The summed E-state index contributed by atoms with van der Waals surface area (Å²) in [4.78, 5) is 12.0. The number of carbonyl (C=O) groups excluding carboxylic acids is 1. The van der Waals surface area contributed by atoms with Gasteiger partial charge in [-0.25, -0.2) is 4.39 Å². The first-order valence-electron chi connectivity index (χ1n) is 7.28. The average Bonchev–Trinajstić information content (AvgIpc) is 3.27. The van der Waals surface area contributed by atoms with Crippen LogP contribution in [-0.2, 0) is 0 Å². The van der Waals surface area contributed by atoms with E-state index in [0.717, 1.165) is 19.3 Å². The van der Waals surface area contributed by atoms with Crippen molar-refractivity contribution in [1.82, 2.24) is 5.32 Å². The Morgan fingerprint density at radius 1 is 1.48 bits per heavy atom. The number of nitrogens with one attached hydrogen (secondary N) is 1. The fraction of sp³-hybridized carbons (Fsp3) is 0.471. The van der Waals surface area contributed by atoms with Crippen LogP contribution in [0.1, 0.15) is 48.5 Å². The molecule has 0 saturated heterocycles. The van der Waals surface area contributed by atoms with E-state index in [1.54, 1.807) is 6.07 Å². The molecule has 21 heavy (non-hydrogen) atoms. The molecule has 2 rings (SSSR count). The Morgan fingerprint density at radius 2 is 2.24 bits per heavy atom. The lowest BCUT2D eigenvalue weighted by molar-refractivity contribution is 0.0944. The summed E-state index contributed by atoms with van der Waals surface area (Å²) in [6.45, 7) is 2.73. The number of carbonyl (C=O) groups is 1. The number of halogens is 1. The highest BCUT2D eigenvalue weighted by molar-refractivity contribution is 5.94. The van der Waals surface area contributed by atoms with Crippen molar-refractivity contribution >= 4 is 5.91 Å². The molecule has 0 aromatic heterocycles. The summed E-state index contributed by atoms with van der Waals surface area (Å²) in [6, 6.07) is 4.29. The molecule has 1 fully saturated rings. The molecule has 1 aromatic rings. The van der Waals surface area contributed by atoms with Gasteiger partial charge < -0.3 is 10.4 Å². The van der Waals surface area contributed by atoms with Crippen LogP contribution in [-0.4, -0.2) is 24.2 Å². The van der Waals surface area contributed by atoms with Gasteiger partial charge in [0, 0.05) is 18.5 Å². The number of hydrogen-bond acceptors (Lipinski definition) is 2. The van der Waals surface area contributed by atoms with Gasteiger partial charge in [0.05, 0.1) is 12.2 Å². The van der Waals surface area contributed by atoms with Gasteiger partial charge in [-0.1, -0.05) is 18.8 Å². The van der Waals surface area contributed by atoms with Crippen molar-refractivity contribution in [3.8, 4) is 11.8 Å². The first-order chi connectivity index (χ1) is 10.1. The van der Waals surface area contributed by atoms with Crippen molar-refractivity contribution in [2.75, 3.05) is 13.2 Å². The molecule has 0 heterocycles. The van der Waals surface area contributed by atoms with E-state index < -0.39 is 5.82 Å². The molecule has 1 aromatic carbocycles. The van der Waals surface area contributed by atoms with E-state index in [2.05, 4.69) is 24.1 Å². The summed E-state index contributed by atoms with van der Waals surface area (Å²) in [5, 5.41) is 11.5. The molecule has 1 aliphatic rings. The minimum atomic E-state index is -0.510. The van der Waals surface area contributed by atoms with E-state index in [1.807, 2.05) is 0 Å². The smallest absolute Gasteiger partial charge is 0.251 e. The van der Waals surface area contributed by atoms with E-state index >= 15 is 0 Å². The Labute approximate surface area is 124 Å². The molecule has 0 spiro atoms. The Morgan fingerprint density at radius 3 is 2.81 bits per heavy atom. The summed E-state index contributed by atoms with van der Waals surface area (Å²) in [7, 11) is 0. The predicted molar refractivity (Wildman–Crippen MR) is 79.3 cm³/mol. The number of amides is 1. The molecular weight excluding hydrogens is 269 g/mol. The van der Waals surface area contributed by atoms with Gasteiger partial charge in [0.1, 0.15) is 5.82 Å². The normalized spacial score (nSPS) is 15.0. The fourth-order valence-electron chi connectivity index (χ4n) is 2.17. The molecule has 4 heteroatoms. The van der Waals surface area contributed by atoms with E-state index in [4.69, 9.17) is 5.11 Å². The standard InChI is InChI=1S/C17H20FNO2/c1-2-17(8-9-17)12-19-16(21)14-7-6-13(15(18)11-14)5-3-4-10-20/h6-7,11,20H,2,4,8-10,12H2,1H3,(H,19,21). The second-order valence-corrected chi connectivity index (χ2v) is 5.51. The van der Waals surface area contributed by atoms with Crippen molar-refractivity contribution in [2.45, 2.75) is 32.6 Å². The summed E-state index contributed by atoms with van der Waals surface area (Å²) in [5.74, 6) is 4.54. The molecule has 1 aliphatic carbocycles. The van der Waals surface area contributed by atoms with Crippen molar-refractivity contribution in [3.05, 3.63) is 35.1 Å². The SMILES string of the molecule is CCC1(CNC(=O)c2ccc(C#CCCO)c(F)c2)CC1. The number of benzene rings is 1. The second-order valence-electron chi connectivity index (χ2n) is 5.51. The number of rotatable bonds is 5. The molecule has 0 radical (unpaired) electrons. The third kappa shape index (κ3) is 4.05. The molecule has 1 amide bonds. The minimum absolute atomic E-state index is 0.0473. The van der Waals surface area contributed by atoms with Crippen LogP contribution in [0.2, 0.25) is 0 Å². The monoisotopic (exact) mass is 289 g/mol. The van der Waals surface area contributed by atoms with Gasteiger partial charge in [-0.15, -0.1) is 0 Å². The Balaban J connectivity index is 1.99. The van der Waals surface area contributed by atoms with Crippen LogP contribution in [0.15, 0.2) is 18.2 Å². The number of aliphatic hydroxyl groups is 1. The largest absolute Gasteiger partial charge is 0.395 e. The van der Waals surface area contributed by atoms with E-state index in [0.29, 0.717) is 18.5 Å². The summed E-state index contributed by atoms with van der Waals surface area (Å²) >= 11 is 0. The highest BCUT2D eigenvalue weighted by Crippen LogP contribution is 2.47. The Kier molecular flexibility index (Phi) is 4.98. The van der Waals surface area contributed by atoms with Crippen LogP contribution in [0.4, 0.5) is 4.39 Å². The summed E-state index contributed by atoms with van der Waals surface area (Å²) < 4.78 is 13.8. The lowest BCUT2D eigenvalue weighted by atomic mass is 10.0. The van der Waals surface area contributed by atoms with Gasteiger partial charge in [0.15, 0.2) is 0 Å². The number of aliphatic hydroxyl groups excluding tert-OH is 1. The van der Waals surface area contributed by atoms with Gasteiger partial charge in [-0.2, -0.15) is 0 Å². The van der Waals surface area contributed by atoms with E-state index in [9.17, 15) is 9.18 Å². The maximum absolute atomic E-state index is 13.8. The molecule has 1 saturated carbocycles. The topological polar surface area (TPSA) is 49.3 Å². The van der Waals surface area contributed by atoms with Crippen LogP contribution in [0, 0.1) is 23.1 Å². The third-order valence-electron chi connectivity index (χ3n) is 4.02. The van der Waals surface area contributed by atoms with Gasteiger partial charge in [-0.05, 0) is 42.9 Å². The highest BCUT2D eigenvalue weighted by Gasteiger charge is 2.40. The predicted octanol–water partition coefficient (Wildman–Crippen LogP) is 2.48. The molecular formula is C17H20FNO2. The molecule has 2 N–H and O–H groups in total.